The second-order valence-electron chi connectivity index (χ2n) is 6.40. The average Bonchev–Trinajstić information content (AvgIpc) is 3.14. The van der Waals surface area contributed by atoms with Crippen molar-refractivity contribution in [1.29, 1.82) is 0 Å². The van der Waals surface area contributed by atoms with Crippen LogP contribution in [0.1, 0.15) is 40.9 Å². The average molecular weight is 332 g/mol. The number of aromatic nitrogens is 2. The Bertz CT molecular complexity index is 702. The summed E-state index contributed by atoms with van der Waals surface area (Å²) < 4.78 is 13.9. The molecule has 122 valence electrons. The molecular formula is C17H21FN4S. The number of nitrogens with zero attached hydrogens (tertiary/aromatic N) is 3. The van der Waals surface area contributed by atoms with Crippen LogP contribution < -0.4 is 10.2 Å². The molecule has 3 heterocycles. The van der Waals surface area contributed by atoms with Gasteiger partial charge in [0.1, 0.15) is 0 Å². The van der Waals surface area contributed by atoms with Crippen molar-refractivity contribution >= 4 is 17.2 Å². The first-order valence-corrected chi connectivity index (χ1v) is 9.10. The zero-order valence-corrected chi connectivity index (χ0v) is 14.1. The Morgan fingerprint density at radius 3 is 3.17 bits per heavy atom. The zero-order valence-electron chi connectivity index (χ0n) is 13.3. The van der Waals surface area contributed by atoms with Crippen LogP contribution in [0.5, 0.6) is 0 Å². The lowest BCUT2D eigenvalue weighted by Crippen LogP contribution is -2.36. The molecule has 0 amide bonds. The number of thiazole rings is 1. The Hall–Kier alpha value is -1.53. The lowest BCUT2D eigenvalue weighted by atomic mass is 9.97. The summed E-state index contributed by atoms with van der Waals surface area (Å²) in [5.41, 5.74) is 1.28. The maximum absolute atomic E-state index is 13.9. The van der Waals surface area contributed by atoms with E-state index in [0.717, 1.165) is 30.9 Å². The lowest BCUT2D eigenvalue weighted by Gasteiger charge is -2.26. The van der Waals surface area contributed by atoms with Gasteiger partial charge in [-0.3, -0.25) is 0 Å². The molecule has 1 N–H and O–H groups in total. The van der Waals surface area contributed by atoms with Gasteiger partial charge in [0.2, 0.25) is 0 Å². The minimum atomic E-state index is -0.230. The molecule has 2 aromatic rings. The highest BCUT2D eigenvalue weighted by molar-refractivity contribution is 7.11. The monoisotopic (exact) mass is 332 g/mol. The first-order chi connectivity index (χ1) is 11.2. The first kappa shape index (κ1) is 15.0. The fourth-order valence-corrected chi connectivity index (χ4v) is 4.75. The van der Waals surface area contributed by atoms with E-state index >= 15 is 0 Å². The quantitative estimate of drug-likeness (QED) is 0.937. The number of fused-ring (bicyclic) bond motifs is 1. The molecule has 0 spiro atoms. The summed E-state index contributed by atoms with van der Waals surface area (Å²) in [5.74, 6) is 0.251. The predicted octanol–water partition coefficient (Wildman–Crippen LogP) is 3.23. The highest BCUT2D eigenvalue weighted by Crippen LogP contribution is 2.35. The van der Waals surface area contributed by atoms with Crippen LogP contribution in [0, 0.1) is 12.7 Å². The van der Waals surface area contributed by atoms with Gasteiger partial charge in [-0.05, 0) is 44.7 Å². The van der Waals surface area contributed by atoms with E-state index in [1.54, 1.807) is 12.3 Å². The zero-order chi connectivity index (χ0) is 15.8. The van der Waals surface area contributed by atoms with E-state index in [0.29, 0.717) is 17.9 Å². The Kier molecular flexibility index (Phi) is 4.03. The summed E-state index contributed by atoms with van der Waals surface area (Å²) in [6.45, 7) is 3.76. The molecule has 2 aromatic heterocycles. The van der Waals surface area contributed by atoms with Gasteiger partial charge >= 0.3 is 0 Å². The number of rotatable bonds is 3. The fraction of sp³-hybridized carbons (Fsp3) is 0.529. The SMILES string of the molecule is Cc1nc2c(s1)[C@@H](N[C@@H]1CCN(c3ncccc3F)C1)CCC2. The third-order valence-electron chi connectivity index (χ3n) is 4.72. The summed E-state index contributed by atoms with van der Waals surface area (Å²) >= 11 is 1.82. The summed E-state index contributed by atoms with van der Waals surface area (Å²) in [6, 6.07) is 3.91. The molecule has 6 heteroatoms. The molecule has 0 unspecified atom stereocenters. The predicted molar refractivity (Wildman–Crippen MR) is 90.5 cm³/mol. The van der Waals surface area contributed by atoms with E-state index in [2.05, 4.69) is 27.1 Å². The Morgan fingerprint density at radius 1 is 1.39 bits per heavy atom. The maximum Gasteiger partial charge on any atom is 0.165 e. The van der Waals surface area contributed by atoms with Crippen molar-refractivity contribution in [3.63, 3.8) is 0 Å². The molecule has 23 heavy (non-hydrogen) atoms. The third-order valence-corrected chi connectivity index (χ3v) is 5.85. The minimum absolute atomic E-state index is 0.230. The summed E-state index contributed by atoms with van der Waals surface area (Å²) in [4.78, 5) is 12.3. The van der Waals surface area contributed by atoms with Crippen molar-refractivity contribution in [3.05, 3.63) is 39.7 Å². The van der Waals surface area contributed by atoms with Gasteiger partial charge in [0.15, 0.2) is 11.6 Å². The van der Waals surface area contributed by atoms with Crippen LogP contribution in [0.4, 0.5) is 10.2 Å². The maximum atomic E-state index is 13.9. The molecule has 1 fully saturated rings. The van der Waals surface area contributed by atoms with E-state index in [-0.39, 0.29) is 5.82 Å². The van der Waals surface area contributed by atoms with Gasteiger partial charge in [0.25, 0.3) is 0 Å². The number of hydrogen-bond donors (Lipinski definition) is 1. The Labute approximate surface area is 139 Å². The van der Waals surface area contributed by atoms with Gasteiger partial charge in [0.05, 0.1) is 10.7 Å². The molecule has 0 saturated carbocycles. The molecule has 4 nitrogen and oxygen atoms in total. The number of nitrogens with one attached hydrogen (secondary N) is 1. The van der Waals surface area contributed by atoms with E-state index in [4.69, 9.17) is 0 Å². The topological polar surface area (TPSA) is 41.1 Å². The van der Waals surface area contributed by atoms with Crippen molar-refractivity contribution < 1.29 is 4.39 Å². The van der Waals surface area contributed by atoms with Gasteiger partial charge in [0, 0.05) is 36.2 Å². The normalized spacial score (nSPS) is 24.0. The van der Waals surface area contributed by atoms with Crippen molar-refractivity contribution in [3.8, 4) is 0 Å². The highest BCUT2D eigenvalue weighted by Gasteiger charge is 2.30. The molecule has 2 atom stereocenters. The van der Waals surface area contributed by atoms with Crippen LogP contribution in [0.25, 0.3) is 0 Å². The summed E-state index contributed by atoms with van der Waals surface area (Å²) in [7, 11) is 0. The van der Waals surface area contributed by atoms with Crippen molar-refractivity contribution in [1.82, 2.24) is 15.3 Å². The van der Waals surface area contributed by atoms with Crippen LogP contribution in [0.2, 0.25) is 0 Å². The van der Waals surface area contributed by atoms with Gasteiger partial charge in [-0.25, -0.2) is 14.4 Å². The molecule has 0 radical (unpaired) electrons. The molecule has 1 aliphatic heterocycles. The largest absolute Gasteiger partial charge is 0.353 e. The number of halogens is 1. The van der Waals surface area contributed by atoms with Gasteiger partial charge in [-0.1, -0.05) is 0 Å². The van der Waals surface area contributed by atoms with Crippen molar-refractivity contribution in [2.24, 2.45) is 0 Å². The van der Waals surface area contributed by atoms with Crippen LogP contribution in [0.3, 0.4) is 0 Å². The van der Waals surface area contributed by atoms with Crippen molar-refractivity contribution in [2.45, 2.75) is 44.7 Å². The minimum Gasteiger partial charge on any atom is -0.353 e. The second kappa shape index (κ2) is 6.17. The second-order valence-corrected chi connectivity index (χ2v) is 7.63. The van der Waals surface area contributed by atoms with E-state index in [9.17, 15) is 4.39 Å². The molecule has 4 rings (SSSR count). The molecule has 2 aliphatic rings. The first-order valence-electron chi connectivity index (χ1n) is 8.28. The van der Waals surface area contributed by atoms with Crippen LogP contribution in [0.15, 0.2) is 18.3 Å². The van der Waals surface area contributed by atoms with Gasteiger partial charge in [-0.2, -0.15) is 0 Å². The molecule has 0 bridgehead atoms. The number of pyridine rings is 1. The standard InChI is InChI=1S/C17H21FN4S/c1-11-20-14-5-2-6-15(16(14)23-11)21-12-7-9-22(10-12)17-13(18)4-3-8-19-17/h3-4,8,12,15,21H,2,5-7,9-10H2,1H3/t12-,15+/m1/s1. The smallest absolute Gasteiger partial charge is 0.165 e. The van der Waals surface area contributed by atoms with Gasteiger partial charge < -0.3 is 10.2 Å². The van der Waals surface area contributed by atoms with Crippen LogP contribution in [-0.2, 0) is 6.42 Å². The number of anilines is 1. The fourth-order valence-electron chi connectivity index (χ4n) is 3.68. The van der Waals surface area contributed by atoms with Gasteiger partial charge in [-0.15, -0.1) is 11.3 Å². The molecule has 0 aromatic carbocycles. The number of hydrogen-bond acceptors (Lipinski definition) is 5. The Morgan fingerprint density at radius 2 is 2.30 bits per heavy atom. The summed E-state index contributed by atoms with van der Waals surface area (Å²) in [5, 5.41) is 4.94. The van der Waals surface area contributed by atoms with Crippen LogP contribution >= 0.6 is 11.3 Å². The van der Waals surface area contributed by atoms with E-state index in [1.807, 2.05) is 11.3 Å². The number of aryl methyl sites for hydroxylation is 2. The third kappa shape index (κ3) is 2.97. The van der Waals surface area contributed by atoms with Crippen molar-refractivity contribution in [2.75, 3.05) is 18.0 Å². The molecular weight excluding hydrogens is 311 g/mol. The van der Waals surface area contributed by atoms with E-state index < -0.39 is 0 Å². The molecule has 1 aliphatic carbocycles. The van der Waals surface area contributed by atoms with E-state index in [1.165, 1.54) is 29.5 Å². The van der Waals surface area contributed by atoms with Crippen LogP contribution in [-0.4, -0.2) is 29.1 Å². The Balaban J connectivity index is 1.44. The lowest BCUT2D eigenvalue weighted by molar-refractivity contribution is 0.413. The summed E-state index contributed by atoms with van der Waals surface area (Å²) in [6.07, 6.45) is 6.16. The highest BCUT2D eigenvalue weighted by atomic mass is 32.1. The molecule has 1 saturated heterocycles.